The van der Waals surface area contributed by atoms with Crippen LogP contribution in [0.25, 0.3) is 22.2 Å². The second kappa shape index (κ2) is 10.8. The Hall–Kier alpha value is -4.18. The van der Waals surface area contributed by atoms with E-state index in [1.165, 1.54) is 6.92 Å². The predicted octanol–water partition coefficient (Wildman–Crippen LogP) is 5.66. The minimum atomic E-state index is -5.01. The van der Waals surface area contributed by atoms with Gasteiger partial charge in [0.25, 0.3) is 0 Å². The van der Waals surface area contributed by atoms with Gasteiger partial charge in [-0.25, -0.2) is 14.2 Å². The third-order valence-electron chi connectivity index (χ3n) is 7.28. The van der Waals surface area contributed by atoms with Crippen LogP contribution in [0.3, 0.4) is 0 Å². The maximum Gasteiger partial charge on any atom is 0.434 e. The van der Waals surface area contributed by atoms with Gasteiger partial charge in [-0.2, -0.15) is 36.3 Å². The van der Waals surface area contributed by atoms with Crippen molar-refractivity contribution in [2.45, 2.75) is 70.6 Å². The molecule has 44 heavy (non-hydrogen) atoms. The quantitative estimate of drug-likeness (QED) is 0.364. The van der Waals surface area contributed by atoms with Crippen LogP contribution in [0.4, 0.5) is 47.0 Å². The highest BCUT2D eigenvalue weighted by Crippen LogP contribution is 2.42. The summed E-state index contributed by atoms with van der Waals surface area (Å²) in [6.07, 6.45) is -7.29. The highest BCUT2D eigenvalue weighted by atomic mass is 19.4. The number of piperazine rings is 1. The molecule has 0 spiro atoms. The van der Waals surface area contributed by atoms with Gasteiger partial charge in [0.2, 0.25) is 0 Å². The van der Waals surface area contributed by atoms with E-state index in [1.54, 1.807) is 30.6 Å². The van der Waals surface area contributed by atoms with Gasteiger partial charge >= 0.3 is 24.5 Å². The fourth-order valence-electron chi connectivity index (χ4n) is 5.46. The molecule has 2 aliphatic heterocycles. The van der Waals surface area contributed by atoms with Crippen molar-refractivity contribution in [3.8, 4) is 17.3 Å². The Bertz CT molecular complexity index is 1590. The largest absolute Gasteiger partial charge is 0.454 e. The van der Waals surface area contributed by atoms with Crippen molar-refractivity contribution in [3.63, 3.8) is 0 Å². The Morgan fingerprint density at radius 1 is 1.02 bits per heavy atom. The summed E-state index contributed by atoms with van der Waals surface area (Å²) in [4.78, 5) is 31.4. The Kier molecular flexibility index (Phi) is 7.65. The average Bonchev–Trinajstić information content (AvgIpc) is 3.17. The molecule has 17 heteroatoms. The summed E-state index contributed by atoms with van der Waals surface area (Å²) in [6, 6.07) is -1.57. The fourth-order valence-corrected chi connectivity index (χ4v) is 5.46. The summed E-state index contributed by atoms with van der Waals surface area (Å²) in [7, 11) is 0. The van der Waals surface area contributed by atoms with Gasteiger partial charge in [0, 0.05) is 24.8 Å². The van der Waals surface area contributed by atoms with E-state index < -0.39 is 64.9 Å². The van der Waals surface area contributed by atoms with Gasteiger partial charge in [0.1, 0.15) is 22.6 Å². The second-order valence-corrected chi connectivity index (χ2v) is 11.7. The third kappa shape index (κ3) is 6.08. The van der Waals surface area contributed by atoms with E-state index in [4.69, 9.17) is 15.2 Å². The van der Waals surface area contributed by atoms with E-state index in [0.717, 1.165) is 12.4 Å². The molecule has 2 atom stereocenters. The number of carbonyl (C=O) groups excluding carboxylic acids is 1. The molecule has 2 saturated heterocycles. The zero-order valence-electron chi connectivity index (χ0n) is 24.0. The van der Waals surface area contributed by atoms with E-state index in [1.807, 2.05) is 0 Å². The lowest BCUT2D eigenvalue weighted by atomic mass is 10.0. The number of carbonyl (C=O) groups is 1. The van der Waals surface area contributed by atoms with Crippen molar-refractivity contribution >= 4 is 28.5 Å². The average molecular weight is 632 g/mol. The third-order valence-corrected chi connectivity index (χ3v) is 7.28. The molecular weight excluding hydrogens is 603 g/mol. The molecule has 0 radical (unpaired) electrons. The van der Waals surface area contributed by atoms with Gasteiger partial charge < -0.3 is 20.1 Å². The molecule has 10 nitrogen and oxygen atoms in total. The molecule has 238 valence electrons. The Labute approximate surface area is 246 Å². The number of fused-ring (bicyclic) bond motifs is 3. The van der Waals surface area contributed by atoms with Crippen molar-refractivity contribution in [2.24, 2.45) is 0 Å². The maximum absolute atomic E-state index is 16.2. The summed E-state index contributed by atoms with van der Waals surface area (Å²) in [6.45, 7) is 4.93. The molecule has 0 saturated carbocycles. The van der Waals surface area contributed by atoms with Crippen molar-refractivity contribution in [3.05, 3.63) is 29.5 Å². The van der Waals surface area contributed by atoms with Crippen LogP contribution in [0.15, 0.2) is 12.4 Å². The van der Waals surface area contributed by atoms with Crippen molar-refractivity contribution < 1.29 is 45.0 Å². The molecule has 5 rings (SSSR count). The zero-order valence-corrected chi connectivity index (χ0v) is 24.0. The smallest absolute Gasteiger partial charge is 0.434 e. The fraction of sp³-hybridized carbons (Fsp3) is 0.519. The number of nitrogens with zero attached hydrogens (tertiary/aromatic N) is 6. The van der Waals surface area contributed by atoms with E-state index in [-0.39, 0.29) is 47.6 Å². The van der Waals surface area contributed by atoms with E-state index >= 15 is 4.39 Å². The molecule has 5 heterocycles. The lowest BCUT2D eigenvalue weighted by molar-refractivity contribution is -0.154. The monoisotopic (exact) mass is 631 g/mol. The Balaban J connectivity index is 1.62. The van der Waals surface area contributed by atoms with Crippen LogP contribution < -0.4 is 15.4 Å². The van der Waals surface area contributed by atoms with Crippen LogP contribution >= 0.6 is 0 Å². The molecular formula is C27H28F7N7O3. The normalized spacial score (nSPS) is 19.1. The molecule has 0 aliphatic carbocycles. The van der Waals surface area contributed by atoms with Crippen molar-refractivity contribution in [1.29, 1.82) is 0 Å². The van der Waals surface area contributed by atoms with Crippen molar-refractivity contribution in [1.82, 2.24) is 24.8 Å². The molecule has 2 N–H and O–H groups in total. The lowest BCUT2D eigenvalue weighted by Gasteiger charge is -2.42. The van der Waals surface area contributed by atoms with E-state index in [2.05, 4.69) is 19.9 Å². The molecule has 2 unspecified atom stereocenters. The lowest BCUT2D eigenvalue weighted by Crippen LogP contribution is -2.57. The van der Waals surface area contributed by atoms with Crippen LogP contribution in [0.2, 0.25) is 0 Å². The standard InChI is InChI=1S/C27H28F7N7O3/c1-12-16(35)8-37-21(27(32,33)34)17(12)20-18(28)19-15(7-36-20)22(39-23(38-19)43-11-26(29,30)31)40-9-13-5-6-14(10-40)41(13)24(42)44-25(2,3)4/h7-8,13-14H,5-6,9-11,35H2,1-4H3. The first-order chi connectivity index (χ1) is 20.3. The number of amides is 1. The van der Waals surface area contributed by atoms with E-state index in [9.17, 15) is 31.1 Å². The number of rotatable bonds is 4. The number of anilines is 2. The van der Waals surface area contributed by atoms with Gasteiger partial charge in [-0.15, -0.1) is 0 Å². The number of nitrogen functional groups attached to an aromatic ring is 1. The van der Waals surface area contributed by atoms with Crippen molar-refractivity contribution in [2.75, 3.05) is 30.3 Å². The first-order valence-electron chi connectivity index (χ1n) is 13.5. The van der Waals surface area contributed by atoms with Crippen LogP contribution in [-0.2, 0) is 10.9 Å². The summed E-state index contributed by atoms with van der Waals surface area (Å²) < 4.78 is 107. The number of ether oxygens (including phenoxy) is 2. The maximum atomic E-state index is 16.2. The molecule has 2 aliphatic rings. The topological polar surface area (TPSA) is 120 Å². The SMILES string of the molecule is Cc1c(N)cnc(C(F)(F)F)c1-c1ncc2c(N3CC4CCC(C3)N4C(=O)OC(C)(C)C)nc(OCC(F)(F)F)nc2c1F. The number of alkyl halides is 6. The number of nitrogens with two attached hydrogens (primary N) is 1. The minimum Gasteiger partial charge on any atom is -0.454 e. The zero-order chi connectivity index (χ0) is 32.4. The Morgan fingerprint density at radius 3 is 2.23 bits per heavy atom. The summed E-state index contributed by atoms with van der Waals surface area (Å²) >= 11 is 0. The first kappa shape index (κ1) is 31.3. The summed E-state index contributed by atoms with van der Waals surface area (Å²) in [5.41, 5.74) is 1.11. The van der Waals surface area contributed by atoms with Crippen LogP contribution in [-0.4, -0.2) is 74.5 Å². The van der Waals surface area contributed by atoms with Gasteiger partial charge in [0.05, 0.1) is 29.4 Å². The first-order valence-corrected chi connectivity index (χ1v) is 13.5. The summed E-state index contributed by atoms with van der Waals surface area (Å²) in [5.74, 6) is -1.41. The molecule has 3 aromatic rings. The number of hydrogen-bond donors (Lipinski definition) is 1. The van der Waals surface area contributed by atoms with Gasteiger partial charge in [-0.3, -0.25) is 9.88 Å². The molecule has 2 bridgehead atoms. The van der Waals surface area contributed by atoms with E-state index in [0.29, 0.717) is 12.8 Å². The minimum absolute atomic E-state index is 0.0515. The number of hydrogen-bond acceptors (Lipinski definition) is 9. The molecule has 3 aromatic heterocycles. The second-order valence-electron chi connectivity index (χ2n) is 11.7. The number of halogens is 7. The van der Waals surface area contributed by atoms with Crippen LogP contribution in [0.5, 0.6) is 6.01 Å². The van der Waals surface area contributed by atoms with Gasteiger partial charge in [-0.1, -0.05) is 0 Å². The highest BCUT2D eigenvalue weighted by molar-refractivity contribution is 5.93. The number of aromatic nitrogens is 4. The van der Waals surface area contributed by atoms with Crippen LogP contribution in [0.1, 0.15) is 44.9 Å². The molecule has 1 amide bonds. The molecule has 2 fully saturated rings. The predicted molar refractivity (Wildman–Crippen MR) is 143 cm³/mol. The molecule has 0 aromatic carbocycles. The Morgan fingerprint density at radius 2 is 1.66 bits per heavy atom. The summed E-state index contributed by atoms with van der Waals surface area (Å²) in [5, 5.41) is -0.0844. The highest BCUT2D eigenvalue weighted by Gasteiger charge is 2.45. The van der Waals surface area contributed by atoms with Crippen LogP contribution in [0, 0.1) is 12.7 Å². The van der Waals surface area contributed by atoms with Gasteiger partial charge in [0.15, 0.2) is 18.1 Å². The van der Waals surface area contributed by atoms with Gasteiger partial charge in [-0.05, 0) is 46.1 Å². The number of pyridine rings is 2.